The number of rotatable bonds is 2. The van der Waals surface area contributed by atoms with E-state index in [0.717, 1.165) is 16.7 Å². The fourth-order valence-electron chi connectivity index (χ4n) is 1.87. The Morgan fingerprint density at radius 2 is 2.27 bits per heavy atom. The second-order valence-corrected chi connectivity index (χ2v) is 4.64. The number of ether oxygens (including phenoxy) is 1. The summed E-state index contributed by atoms with van der Waals surface area (Å²) in [5, 5.41) is 9.71. The molecule has 2 atom stereocenters. The number of aliphatic hydroxyl groups excluding tert-OH is 1. The van der Waals surface area contributed by atoms with Crippen molar-refractivity contribution < 1.29 is 9.84 Å². The van der Waals surface area contributed by atoms with Crippen molar-refractivity contribution in [3.05, 3.63) is 28.7 Å². The molecule has 1 aromatic carbocycles. The molecule has 1 N–H and O–H groups in total. The highest BCUT2D eigenvalue weighted by molar-refractivity contribution is 9.10. The first-order chi connectivity index (χ1) is 7.20. The monoisotopic (exact) mass is 271 g/mol. The molecule has 3 nitrogen and oxygen atoms in total. The number of β-amino-alcohol motifs (C(OH)–C–C–N with tert-alkyl or cyclic N) is 1. The predicted molar refractivity (Wildman–Crippen MR) is 63.2 cm³/mol. The van der Waals surface area contributed by atoms with Crippen LogP contribution in [0.5, 0.6) is 0 Å². The van der Waals surface area contributed by atoms with Gasteiger partial charge in [0.05, 0.1) is 6.10 Å². The van der Waals surface area contributed by atoms with Crippen molar-refractivity contribution in [3.63, 3.8) is 0 Å². The molecule has 0 spiro atoms. The maximum Gasteiger partial charge on any atom is 0.102 e. The van der Waals surface area contributed by atoms with E-state index in [9.17, 15) is 5.11 Å². The normalized spacial score (nSPS) is 25.9. The van der Waals surface area contributed by atoms with Crippen LogP contribution in [0.4, 0.5) is 5.69 Å². The summed E-state index contributed by atoms with van der Waals surface area (Å²) in [5.74, 6) is 0. The van der Waals surface area contributed by atoms with Gasteiger partial charge in [0.15, 0.2) is 0 Å². The van der Waals surface area contributed by atoms with Gasteiger partial charge in [0.1, 0.15) is 6.10 Å². The molecule has 82 valence electrons. The third-order valence-corrected chi connectivity index (χ3v) is 3.21. The lowest BCUT2D eigenvalue weighted by molar-refractivity contribution is 0.0217. The van der Waals surface area contributed by atoms with Gasteiger partial charge < -0.3 is 14.7 Å². The Bertz CT molecular complexity index is 345. The third kappa shape index (κ3) is 2.33. The van der Waals surface area contributed by atoms with Gasteiger partial charge in [-0.05, 0) is 18.2 Å². The van der Waals surface area contributed by atoms with Gasteiger partial charge in [-0.2, -0.15) is 0 Å². The first-order valence-electron chi connectivity index (χ1n) is 4.92. The summed E-state index contributed by atoms with van der Waals surface area (Å²) in [7, 11) is 1.64. The summed E-state index contributed by atoms with van der Waals surface area (Å²) in [4.78, 5) is 2.13. The van der Waals surface area contributed by atoms with E-state index in [1.165, 1.54) is 0 Å². The van der Waals surface area contributed by atoms with Crippen molar-refractivity contribution in [2.75, 3.05) is 25.1 Å². The molecule has 1 heterocycles. The van der Waals surface area contributed by atoms with Gasteiger partial charge in [-0.1, -0.05) is 22.0 Å². The van der Waals surface area contributed by atoms with Crippen molar-refractivity contribution >= 4 is 21.6 Å². The summed E-state index contributed by atoms with van der Waals surface area (Å²) in [6, 6.07) is 8.07. The minimum Gasteiger partial charge on any atom is -0.388 e. The molecule has 15 heavy (non-hydrogen) atoms. The standard InChI is InChI=1S/C11H14BrNO2/c1-15-11-7-13(6-10(11)14)9-4-2-3-8(12)5-9/h2-5,10-11,14H,6-7H2,1H3. The fraction of sp³-hybridized carbons (Fsp3) is 0.455. The van der Waals surface area contributed by atoms with Crippen LogP contribution in [0.15, 0.2) is 28.7 Å². The lowest BCUT2D eigenvalue weighted by Gasteiger charge is -2.17. The molecule has 2 unspecified atom stereocenters. The van der Waals surface area contributed by atoms with Crippen molar-refractivity contribution in [1.29, 1.82) is 0 Å². The highest BCUT2D eigenvalue weighted by Gasteiger charge is 2.31. The highest BCUT2D eigenvalue weighted by atomic mass is 79.9. The molecule has 0 aromatic heterocycles. The van der Waals surface area contributed by atoms with Crippen LogP contribution in [0.3, 0.4) is 0 Å². The zero-order valence-electron chi connectivity index (χ0n) is 8.56. The van der Waals surface area contributed by atoms with Gasteiger partial charge in [-0.15, -0.1) is 0 Å². The van der Waals surface area contributed by atoms with Gasteiger partial charge in [-0.25, -0.2) is 0 Å². The van der Waals surface area contributed by atoms with Gasteiger partial charge in [0, 0.05) is 30.4 Å². The number of methoxy groups -OCH3 is 1. The Balaban J connectivity index is 2.13. The van der Waals surface area contributed by atoms with Crippen LogP contribution in [0, 0.1) is 0 Å². The quantitative estimate of drug-likeness (QED) is 0.888. The first-order valence-corrected chi connectivity index (χ1v) is 5.71. The molecule has 0 saturated carbocycles. The molecule has 1 aliphatic heterocycles. The van der Waals surface area contributed by atoms with Gasteiger partial charge >= 0.3 is 0 Å². The summed E-state index contributed by atoms with van der Waals surface area (Å²) < 4.78 is 6.25. The van der Waals surface area contributed by atoms with Crippen molar-refractivity contribution in [2.24, 2.45) is 0 Å². The van der Waals surface area contributed by atoms with Crippen molar-refractivity contribution in [3.8, 4) is 0 Å². The Kier molecular flexibility index (Phi) is 3.29. The molecule has 2 rings (SSSR count). The minimum atomic E-state index is -0.394. The SMILES string of the molecule is COC1CN(c2cccc(Br)c2)CC1O. The number of benzene rings is 1. The van der Waals surface area contributed by atoms with Crippen LogP contribution in [-0.2, 0) is 4.74 Å². The minimum absolute atomic E-state index is 0.0796. The second kappa shape index (κ2) is 4.51. The van der Waals surface area contributed by atoms with Crippen LogP contribution < -0.4 is 4.90 Å². The molecule has 0 bridgehead atoms. The van der Waals surface area contributed by atoms with Crippen LogP contribution >= 0.6 is 15.9 Å². The van der Waals surface area contributed by atoms with E-state index in [1.54, 1.807) is 7.11 Å². The number of nitrogens with zero attached hydrogens (tertiary/aromatic N) is 1. The van der Waals surface area contributed by atoms with Gasteiger partial charge in [-0.3, -0.25) is 0 Å². The Morgan fingerprint density at radius 1 is 1.47 bits per heavy atom. The van der Waals surface area contributed by atoms with Crippen LogP contribution in [0.2, 0.25) is 0 Å². The van der Waals surface area contributed by atoms with Crippen molar-refractivity contribution in [1.82, 2.24) is 0 Å². The average molecular weight is 272 g/mol. The maximum atomic E-state index is 9.71. The predicted octanol–water partition coefficient (Wildman–Crippen LogP) is 1.64. The Morgan fingerprint density at radius 3 is 2.87 bits per heavy atom. The fourth-order valence-corrected chi connectivity index (χ4v) is 2.26. The second-order valence-electron chi connectivity index (χ2n) is 3.73. The van der Waals surface area contributed by atoms with E-state index in [1.807, 2.05) is 24.3 Å². The maximum absolute atomic E-state index is 9.71. The van der Waals surface area contributed by atoms with Crippen LogP contribution in [-0.4, -0.2) is 37.5 Å². The summed E-state index contributed by atoms with van der Waals surface area (Å²) in [6.45, 7) is 1.38. The number of hydrogen-bond acceptors (Lipinski definition) is 3. The van der Waals surface area contributed by atoms with E-state index < -0.39 is 6.10 Å². The smallest absolute Gasteiger partial charge is 0.102 e. The average Bonchev–Trinajstić information content (AvgIpc) is 2.60. The highest BCUT2D eigenvalue weighted by Crippen LogP contribution is 2.24. The molecule has 0 radical (unpaired) electrons. The molecule has 0 amide bonds. The molecule has 4 heteroatoms. The molecule has 1 saturated heterocycles. The molecule has 1 fully saturated rings. The van der Waals surface area contributed by atoms with E-state index in [-0.39, 0.29) is 6.10 Å². The van der Waals surface area contributed by atoms with Crippen molar-refractivity contribution in [2.45, 2.75) is 12.2 Å². The van der Waals surface area contributed by atoms with Gasteiger partial charge in [0.25, 0.3) is 0 Å². The summed E-state index contributed by atoms with van der Waals surface area (Å²) in [5.41, 5.74) is 1.11. The first kappa shape index (κ1) is 10.9. The number of anilines is 1. The molecule has 0 aliphatic carbocycles. The molecular formula is C11H14BrNO2. The lowest BCUT2D eigenvalue weighted by atomic mass is 10.3. The van der Waals surface area contributed by atoms with E-state index >= 15 is 0 Å². The largest absolute Gasteiger partial charge is 0.388 e. The molecule has 1 aliphatic rings. The number of aliphatic hydroxyl groups is 1. The zero-order chi connectivity index (χ0) is 10.8. The summed E-state index contributed by atoms with van der Waals surface area (Å²) in [6.07, 6.45) is -0.474. The third-order valence-electron chi connectivity index (χ3n) is 2.71. The topological polar surface area (TPSA) is 32.7 Å². The van der Waals surface area contributed by atoms with E-state index in [2.05, 4.69) is 20.8 Å². The van der Waals surface area contributed by atoms with Crippen LogP contribution in [0.1, 0.15) is 0 Å². The lowest BCUT2D eigenvalue weighted by Crippen LogP contribution is -2.25. The van der Waals surface area contributed by atoms with Crippen LogP contribution in [0.25, 0.3) is 0 Å². The van der Waals surface area contributed by atoms with E-state index in [4.69, 9.17) is 4.74 Å². The van der Waals surface area contributed by atoms with Gasteiger partial charge in [0.2, 0.25) is 0 Å². The zero-order valence-corrected chi connectivity index (χ0v) is 10.1. The molecular weight excluding hydrogens is 258 g/mol. The number of hydrogen-bond donors (Lipinski definition) is 1. The van der Waals surface area contributed by atoms with E-state index in [0.29, 0.717) is 6.54 Å². The Labute approximate surface area is 97.8 Å². The summed E-state index contributed by atoms with van der Waals surface area (Å²) >= 11 is 3.44. The number of halogens is 1. The molecule has 1 aromatic rings. The Hall–Kier alpha value is -0.580.